The molecule has 1 aliphatic heterocycles. The van der Waals surface area contributed by atoms with Gasteiger partial charge in [0.15, 0.2) is 0 Å². The van der Waals surface area contributed by atoms with Gasteiger partial charge in [-0.1, -0.05) is 29.3 Å². The number of halogens is 2. The van der Waals surface area contributed by atoms with Gasteiger partial charge in [-0.2, -0.15) is 0 Å². The minimum absolute atomic E-state index is 0.00490. The molecule has 1 saturated heterocycles. The molecular weight excluding hydrogens is 269 g/mol. The normalized spacial score (nSPS) is 21.8. The Labute approximate surface area is 118 Å². The first-order chi connectivity index (χ1) is 8.66. The molecule has 4 heteroatoms. The van der Waals surface area contributed by atoms with Crippen LogP contribution in [0.25, 0.3) is 0 Å². The van der Waals surface area contributed by atoms with Crippen LogP contribution >= 0.6 is 23.2 Å². The zero-order chi connectivity index (χ0) is 13.0. The molecule has 1 fully saturated rings. The van der Waals surface area contributed by atoms with Crippen LogP contribution in [0, 0.1) is 0 Å². The Morgan fingerprint density at radius 1 is 1.28 bits per heavy atom. The van der Waals surface area contributed by atoms with Gasteiger partial charge in [0, 0.05) is 12.6 Å². The quantitative estimate of drug-likeness (QED) is 0.894. The molecule has 1 aromatic rings. The lowest BCUT2D eigenvalue weighted by Crippen LogP contribution is -2.21. The Balaban J connectivity index is 1.86. The van der Waals surface area contributed by atoms with Crippen LogP contribution < -0.4 is 5.73 Å². The molecule has 2 atom stereocenters. The van der Waals surface area contributed by atoms with Crippen molar-refractivity contribution < 1.29 is 4.74 Å². The number of hydrogen-bond acceptors (Lipinski definition) is 2. The van der Waals surface area contributed by atoms with Crippen LogP contribution in [0.15, 0.2) is 18.2 Å². The molecule has 1 aliphatic rings. The van der Waals surface area contributed by atoms with E-state index in [2.05, 4.69) is 0 Å². The predicted molar refractivity (Wildman–Crippen MR) is 76.2 cm³/mol. The first-order valence-electron chi connectivity index (χ1n) is 6.49. The second-order valence-corrected chi connectivity index (χ2v) is 5.66. The van der Waals surface area contributed by atoms with E-state index in [0.29, 0.717) is 16.1 Å². The van der Waals surface area contributed by atoms with Crippen molar-refractivity contribution in [3.05, 3.63) is 33.8 Å². The molecule has 2 unspecified atom stereocenters. The zero-order valence-corrected chi connectivity index (χ0v) is 11.9. The molecule has 0 bridgehead atoms. The summed E-state index contributed by atoms with van der Waals surface area (Å²) in [6.45, 7) is 0.896. The molecule has 1 heterocycles. The maximum Gasteiger partial charge on any atom is 0.0595 e. The summed E-state index contributed by atoms with van der Waals surface area (Å²) in [7, 11) is 0. The molecule has 0 amide bonds. The van der Waals surface area contributed by atoms with Gasteiger partial charge in [0.1, 0.15) is 0 Å². The fraction of sp³-hybridized carbons (Fsp3) is 0.571. The topological polar surface area (TPSA) is 35.2 Å². The van der Waals surface area contributed by atoms with E-state index in [1.54, 1.807) is 6.07 Å². The lowest BCUT2D eigenvalue weighted by atomic mass is 9.98. The minimum atomic E-state index is 0.00490. The van der Waals surface area contributed by atoms with Crippen molar-refractivity contribution in [2.45, 2.75) is 44.2 Å². The molecule has 1 aromatic carbocycles. The molecule has 0 aliphatic carbocycles. The predicted octanol–water partition coefficient (Wildman–Crippen LogP) is 4.34. The van der Waals surface area contributed by atoms with Crippen molar-refractivity contribution in [2.75, 3.05) is 6.61 Å². The molecule has 18 heavy (non-hydrogen) atoms. The van der Waals surface area contributed by atoms with Gasteiger partial charge in [0.2, 0.25) is 0 Å². The van der Waals surface area contributed by atoms with Crippen molar-refractivity contribution in [1.29, 1.82) is 0 Å². The Morgan fingerprint density at radius 3 is 2.78 bits per heavy atom. The van der Waals surface area contributed by atoms with E-state index in [1.165, 1.54) is 12.8 Å². The molecule has 0 radical (unpaired) electrons. The van der Waals surface area contributed by atoms with Crippen LogP contribution in [0.1, 0.15) is 43.7 Å². The van der Waals surface area contributed by atoms with Crippen LogP contribution in [0.3, 0.4) is 0 Å². The van der Waals surface area contributed by atoms with Crippen molar-refractivity contribution in [3.63, 3.8) is 0 Å². The molecule has 0 spiro atoms. The first-order valence-corrected chi connectivity index (χ1v) is 7.24. The lowest BCUT2D eigenvalue weighted by molar-refractivity contribution is 0.00912. The van der Waals surface area contributed by atoms with Crippen molar-refractivity contribution in [2.24, 2.45) is 5.73 Å². The molecule has 2 rings (SSSR count). The minimum Gasteiger partial charge on any atom is -0.378 e. The van der Waals surface area contributed by atoms with Crippen LogP contribution in [0.4, 0.5) is 0 Å². The second kappa shape index (κ2) is 6.76. The monoisotopic (exact) mass is 287 g/mol. The highest BCUT2D eigenvalue weighted by molar-refractivity contribution is 6.42. The summed E-state index contributed by atoms with van der Waals surface area (Å²) in [5.74, 6) is 0. The number of nitrogens with two attached hydrogens (primary N) is 1. The number of benzene rings is 1. The summed E-state index contributed by atoms with van der Waals surface area (Å²) in [6.07, 6.45) is 5.94. The fourth-order valence-electron chi connectivity index (χ4n) is 2.31. The van der Waals surface area contributed by atoms with Gasteiger partial charge in [-0.15, -0.1) is 0 Å². The maximum atomic E-state index is 6.17. The highest BCUT2D eigenvalue weighted by atomic mass is 35.5. The molecule has 2 nitrogen and oxygen atoms in total. The summed E-state index contributed by atoms with van der Waals surface area (Å²) in [4.78, 5) is 0. The average Bonchev–Trinajstić information content (AvgIpc) is 2.40. The SMILES string of the molecule is NC(CCC1CCCCO1)c1ccc(Cl)c(Cl)c1. The standard InChI is InChI=1S/C14H19Cl2NO/c15-12-6-4-10(9-13(12)16)14(17)7-5-11-3-1-2-8-18-11/h4,6,9,11,14H,1-3,5,7-8,17H2. The van der Waals surface area contributed by atoms with Crippen molar-refractivity contribution >= 4 is 23.2 Å². The molecule has 2 N–H and O–H groups in total. The third-order valence-corrected chi connectivity index (χ3v) is 4.18. The number of hydrogen-bond donors (Lipinski definition) is 1. The summed E-state index contributed by atoms with van der Waals surface area (Å²) in [5, 5.41) is 1.14. The van der Waals surface area contributed by atoms with Gasteiger partial charge in [-0.3, -0.25) is 0 Å². The molecular formula is C14H19Cl2NO. The van der Waals surface area contributed by atoms with E-state index in [1.807, 2.05) is 12.1 Å². The summed E-state index contributed by atoms with van der Waals surface area (Å²) >= 11 is 11.9. The first kappa shape index (κ1) is 14.1. The van der Waals surface area contributed by atoms with Crippen LogP contribution in [0.5, 0.6) is 0 Å². The Morgan fingerprint density at radius 2 is 2.11 bits per heavy atom. The summed E-state index contributed by atoms with van der Waals surface area (Å²) in [5.41, 5.74) is 7.22. The van der Waals surface area contributed by atoms with Crippen molar-refractivity contribution in [1.82, 2.24) is 0 Å². The van der Waals surface area contributed by atoms with Gasteiger partial charge < -0.3 is 10.5 Å². The summed E-state index contributed by atoms with van der Waals surface area (Å²) in [6, 6.07) is 5.61. The molecule has 0 saturated carbocycles. The van der Waals surface area contributed by atoms with Gasteiger partial charge >= 0.3 is 0 Å². The van der Waals surface area contributed by atoms with Gasteiger partial charge in [0.25, 0.3) is 0 Å². The highest BCUT2D eigenvalue weighted by Gasteiger charge is 2.16. The second-order valence-electron chi connectivity index (χ2n) is 4.85. The van der Waals surface area contributed by atoms with E-state index in [9.17, 15) is 0 Å². The molecule has 0 aromatic heterocycles. The molecule has 100 valence electrons. The summed E-state index contributed by atoms with van der Waals surface area (Å²) < 4.78 is 5.70. The zero-order valence-electron chi connectivity index (χ0n) is 10.4. The van der Waals surface area contributed by atoms with E-state index < -0.39 is 0 Å². The van der Waals surface area contributed by atoms with E-state index in [-0.39, 0.29) is 6.04 Å². The smallest absolute Gasteiger partial charge is 0.0595 e. The third kappa shape index (κ3) is 3.86. The average molecular weight is 288 g/mol. The Hall–Kier alpha value is -0.280. The van der Waals surface area contributed by atoms with E-state index in [4.69, 9.17) is 33.7 Å². The Kier molecular flexibility index (Phi) is 5.31. The third-order valence-electron chi connectivity index (χ3n) is 3.45. The number of rotatable bonds is 4. The van der Waals surface area contributed by atoms with Gasteiger partial charge in [-0.05, 0) is 49.8 Å². The van der Waals surface area contributed by atoms with Crippen LogP contribution in [-0.2, 0) is 4.74 Å². The lowest BCUT2D eigenvalue weighted by Gasteiger charge is -2.24. The van der Waals surface area contributed by atoms with Gasteiger partial charge in [0.05, 0.1) is 16.1 Å². The van der Waals surface area contributed by atoms with Crippen molar-refractivity contribution in [3.8, 4) is 0 Å². The van der Waals surface area contributed by atoms with Crippen LogP contribution in [-0.4, -0.2) is 12.7 Å². The Bertz CT molecular complexity index is 391. The highest BCUT2D eigenvalue weighted by Crippen LogP contribution is 2.27. The number of ether oxygens (including phenoxy) is 1. The van der Waals surface area contributed by atoms with E-state index in [0.717, 1.165) is 31.4 Å². The van der Waals surface area contributed by atoms with E-state index >= 15 is 0 Å². The maximum absolute atomic E-state index is 6.17. The largest absolute Gasteiger partial charge is 0.378 e. The van der Waals surface area contributed by atoms with Crippen LogP contribution in [0.2, 0.25) is 10.0 Å². The van der Waals surface area contributed by atoms with Gasteiger partial charge in [-0.25, -0.2) is 0 Å². The fourth-order valence-corrected chi connectivity index (χ4v) is 2.62.